The first-order valence-electron chi connectivity index (χ1n) is 8.54. The van der Waals surface area contributed by atoms with E-state index < -0.39 is 17.4 Å². The highest BCUT2D eigenvalue weighted by atomic mass is 19.1. The Morgan fingerprint density at radius 1 is 1.35 bits per heavy atom. The summed E-state index contributed by atoms with van der Waals surface area (Å²) < 4.78 is 19.8. The quantitative estimate of drug-likeness (QED) is 0.634. The number of nitrogens with two attached hydrogens (primary N) is 2. The van der Waals surface area contributed by atoms with Gasteiger partial charge >= 0.3 is 5.97 Å². The van der Waals surface area contributed by atoms with E-state index in [0.29, 0.717) is 12.8 Å². The molecule has 138 valence electrons. The highest BCUT2D eigenvalue weighted by Gasteiger charge is 2.43. The number of anilines is 1. The van der Waals surface area contributed by atoms with Crippen LogP contribution >= 0.6 is 0 Å². The molecule has 2 aliphatic rings. The van der Waals surface area contributed by atoms with E-state index in [1.807, 2.05) is 0 Å². The third-order valence-electron chi connectivity index (χ3n) is 4.61. The molecule has 0 bridgehead atoms. The largest absolute Gasteiger partial charge is 0.458 e. The number of nitrogens with zero attached hydrogens (tertiary/aromatic N) is 3. The maximum Gasteiger partial charge on any atom is 0.338 e. The fraction of sp³-hybridized carbons (Fsp3) is 0.389. The molecule has 0 aromatic heterocycles. The molecule has 0 amide bonds. The number of aliphatic imine (C=N–C) groups is 2. The molecule has 8 heteroatoms. The van der Waals surface area contributed by atoms with Crippen LogP contribution in [0.1, 0.15) is 42.5 Å². The van der Waals surface area contributed by atoms with Gasteiger partial charge in [-0.15, -0.1) is 0 Å². The number of ether oxygens (including phenoxy) is 1. The van der Waals surface area contributed by atoms with E-state index in [2.05, 4.69) is 16.6 Å². The molecule has 1 aromatic rings. The van der Waals surface area contributed by atoms with Gasteiger partial charge in [-0.25, -0.2) is 14.2 Å². The van der Waals surface area contributed by atoms with Gasteiger partial charge in [-0.3, -0.25) is 4.90 Å². The Bertz CT molecular complexity index is 784. The lowest BCUT2D eigenvalue weighted by Crippen LogP contribution is -2.58. The van der Waals surface area contributed by atoms with Crippen LogP contribution < -0.4 is 16.4 Å². The molecule has 0 atom stereocenters. The average molecular weight is 359 g/mol. The average Bonchev–Trinajstić information content (AvgIpc) is 2.61. The SMILES string of the molecule is C=CCOC(=O)c1ccc(N2C(N)=NC(N)=NC23CCCCC3)c(F)c1. The van der Waals surface area contributed by atoms with Crippen molar-refractivity contribution in [2.24, 2.45) is 21.5 Å². The fourth-order valence-corrected chi connectivity index (χ4v) is 3.50. The summed E-state index contributed by atoms with van der Waals surface area (Å²) in [6.45, 7) is 3.53. The van der Waals surface area contributed by atoms with Gasteiger partial charge in [-0.2, -0.15) is 4.99 Å². The minimum absolute atomic E-state index is 0.0606. The third kappa shape index (κ3) is 3.26. The molecule has 0 unspecified atom stereocenters. The topological polar surface area (TPSA) is 106 Å². The van der Waals surface area contributed by atoms with Crippen molar-refractivity contribution in [2.45, 2.75) is 37.8 Å². The highest BCUT2D eigenvalue weighted by molar-refractivity contribution is 6.05. The van der Waals surface area contributed by atoms with Gasteiger partial charge in [0.2, 0.25) is 11.9 Å². The molecular weight excluding hydrogens is 337 g/mol. The number of guanidine groups is 2. The van der Waals surface area contributed by atoms with E-state index in [-0.39, 0.29) is 29.8 Å². The van der Waals surface area contributed by atoms with Crippen molar-refractivity contribution in [3.63, 3.8) is 0 Å². The van der Waals surface area contributed by atoms with E-state index in [0.717, 1.165) is 25.3 Å². The van der Waals surface area contributed by atoms with Crippen LogP contribution in [0.5, 0.6) is 0 Å². The van der Waals surface area contributed by atoms with Crippen molar-refractivity contribution in [1.82, 2.24) is 0 Å². The maximum atomic E-state index is 14.9. The van der Waals surface area contributed by atoms with Crippen molar-refractivity contribution in [3.8, 4) is 0 Å². The Morgan fingerprint density at radius 2 is 2.08 bits per heavy atom. The van der Waals surface area contributed by atoms with Crippen molar-refractivity contribution in [2.75, 3.05) is 11.5 Å². The monoisotopic (exact) mass is 359 g/mol. The van der Waals surface area contributed by atoms with Crippen LogP contribution in [0.4, 0.5) is 10.1 Å². The summed E-state index contributed by atoms with van der Waals surface area (Å²) in [5, 5.41) is 0. The number of carbonyl (C=O) groups is 1. The molecule has 1 spiro atoms. The van der Waals surface area contributed by atoms with E-state index in [1.165, 1.54) is 18.2 Å². The third-order valence-corrected chi connectivity index (χ3v) is 4.61. The predicted octanol–water partition coefficient (Wildman–Crippen LogP) is 2.28. The summed E-state index contributed by atoms with van der Waals surface area (Å²) in [4.78, 5) is 22.0. The van der Waals surface area contributed by atoms with E-state index in [1.54, 1.807) is 4.90 Å². The fourth-order valence-electron chi connectivity index (χ4n) is 3.50. The maximum absolute atomic E-state index is 14.9. The second-order valence-corrected chi connectivity index (χ2v) is 6.37. The Morgan fingerprint density at radius 3 is 2.73 bits per heavy atom. The smallest absolute Gasteiger partial charge is 0.338 e. The van der Waals surface area contributed by atoms with Crippen LogP contribution in [0, 0.1) is 5.82 Å². The van der Waals surface area contributed by atoms with Crippen LogP contribution in [0.2, 0.25) is 0 Å². The summed E-state index contributed by atoms with van der Waals surface area (Å²) >= 11 is 0. The van der Waals surface area contributed by atoms with Crippen LogP contribution in [-0.4, -0.2) is 30.2 Å². The molecular formula is C18H22FN5O2. The highest BCUT2D eigenvalue weighted by Crippen LogP contribution is 2.40. The van der Waals surface area contributed by atoms with Crippen molar-refractivity contribution in [3.05, 3.63) is 42.2 Å². The standard InChI is InChI=1S/C18H22FN5O2/c1-2-10-26-15(25)12-6-7-14(13(19)11-12)24-17(21)22-16(20)23-18(24)8-4-3-5-9-18/h2,6-7,11H,1,3-5,8-10H2,(H4,20,21,22,23). The molecule has 1 aromatic carbocycles. The minimum Gasteiger partial charge on any atom is -0.458 e. The van der Waals surface area contributed by atoms with E-state index in [4.69, 9.17) is 16.2 Å². The predicted molar refractivity (Wildman–Crippen MR) is 98.4 cm³/mol. The summed E-state index contributed by atoms with van der Waals surface area (Å²) in [5.74, 6) is -1.02. The van der Waals surface area contributed by atoms with Crippen molar-refractivity contribution in [1.29, 1.82) is 0 Å². The minimum atomic E-state index is -0.736. The van der Waals surface area contributed by atoms with Crippen LogP contribution in [0.3, 0.4) is 0 Å². The Kier molecular flexibility index (Phi) is 4.92. The van der Waals surface area contributed by atoms with Gasteiger partial charge in [-0.05, 0) is 43.9 Å². The number of hydrogen-bond donors (Lipinski definition) is 2. The number of benzene rings is 1. The Hall–Kier alpha value is -2.90. The molecule has 1 aliphatic heterocycles. The number of esters is 1. The number of rotatable bonds is 4. The molecule has 7 nitrogen and oxygen atoms in total. The van der Waals surface area contributed by atoms with Crippen molar-refractivity contribution >= 4 is 23.6 Å². The van der Waals surface area contributed by atoms with Gasteiger partial charge in [0.25, 0.3) is 0 Å². The zero-order chi connectivity index (χ0) is 18.7. The lowest BCUT2D eigenvalue weighted by atomic mass is 9.87. The lowest BCUT2D eigenvalue weighted by molar-refractivity contribution is 0.0549. The molecule has 4 N–H and O–H groups in total. The first-order valence-corrected chi connectivity index (χ1v) is 8.54. The lowest BCUT2D eigenvalue weighted by Gasteiger charge is -2.45. The van der Waals surface area contributed by atoms with Gasteiger partial charge in [-0.1, -0.05) is 19.1 Å². The first-order chi connectivity index (χ1) is 12.5. The van der Waals surface area contributed by atoms with Gasteiger partial charge < -0.3 is 16.2 Å². The normalized spacial score (nSPS) is 18.9. The van der Waals surface area contributed by atoms with Crippen LogP contribution in [0.25, 0.3) is 0 Å². The zero-order valence-corrected chi connectivity index (χ0v) is 14.4. The van der Waals surface area contributed by atoms with E-state index >= 15 is 0 Å². The molecule has 3 rings (SSSR count). The first kappa shape index (κ1) is 17.9. The Balaban J connectivity index is 1.97. The Labute approximate surface area is 151 Å². The summed E-state index contributed by atoms with van der Waals surface area (Å²) in [7, 11) is 0. The van der Waals surface area contributed by atoms with Gasteiger partial charge in [0.1, 0.15) is 18.1 Å². The second-order valence-electron chi connectivity index (χ2n) is 6.37. The molecule has 0 radical (unpaired) electrons. The van der Waals surface area contributed by atoms with E-state index in [9.17, 15) is 9.18 Å². The van der Waals surface area contributed by atoms with Gasteiger partial charge in [0.05, 0.1) is 11.3 Å². The van der Waals surface area contributed by atoms with Gasteiger partial charge in [0, 0.05) is 0 Å². The second kappa shape index (κ2) is 7.15. The summed E-state index contributed by atoms with van der Waals surface area (Å²) in [6, 6.07) is 4.12. The van der Waals surface area contributed by atoms with Crippen LogP contribution in [0.15, 0.2) is 40.8 Å². The molecule has 1 heterocycles. The summed E-state index contributed by atoms with van der Waals surface area (Å²) in [5.41, 5.74) is 11.5. The molecule has 1 fully saturated rings. The number of halogens is 1. The van der Waals surface area contributed by atoms with Gasteiger partial charge in [0.15, 0.2) is 0 Å². The number of carbonyl (C=O) groups excluding carboxylic acids is 1. The van der Waals surface area contributed by atoms with Crippen LogP contribution in [-0.2, 0) is 4.74 Å². The summed E-state index contributed by atoms with van der Waals surface area (Å²) in [6.07, 6.45) is 5.81. The molecule has 26 heavy (non-hydrogen) atoms. The number of hydrogen-bond acceptors (Lipinski definition) is 7. The molecule has 1 aliphatic carbocycles. The van der Waals surface area contributed by atoms with Crippen molar-refractivity contribution < 1.29 is 13.9 Å². The zero-order valence-electron chi connectivity index (χ0n) is 14.4. The molecule has 1 saturated carbocycles. The molecule has 0 saturated heterocycles.